The maximum Gasteiger partial charge on any atom is 0.409 e. The van der Waals surface area contributed by atoms with Gasteiger partial charge in [0.2, 0.25) is 5.91 Å². The number of amides is 2. The topological polar surface area (TPSA) is 61.9 Å². The minimum absolute atomic E-state index is 0.00157. The zero-order valence-corrected chi connectivity index (χ0v) is 15.0. The van der Waals surface area contributed by atoms with Crippen LogP contribution in [0.3, 0.4) is 0 Å². The average molecular weight is 333 g/mol. The fourth-order valence-electron chi connectivity index (χ4n) is 2.44. The van der Waals surface area contributed by atoms with E-state index in [1.165, 1.54) is 0 Å². The molecule has 1 aromatic carbocycles. The summed E-state index contributed by atoms with van der Waals surface area (Å²) >= 11 is 0. The zero-order chi connectivity index (χ0) is 17.7. The molecule has 0 spiro atoms. The zero-order valence-electron chi connectivity index (χ0n) is 15.0. The quantitative estimate of drug-likeness (QED) is 0.924. The van der Waals surface area contributed by atoms with Gasteiger partial charge in [0.1, 0.15) is 0 Å². The lowest BCUT2D eigenvalue weighted by atomic mass is 9.95. The summed E-state index contributed by atoms with van der Waals surface area (Å²) in [6.07, 6.45) is -0.239. The van der Waals surface area contributed by atoms with Crippen molar-refractivity contribution >= 4 is 23.4 Å². The van der Waals surface area contributed by atoms with Gasteiger partial charge in [-0.1, -0.05) is 20.8 Å². The van der Waals surface area contributed by atoms with Crippen LogP contribution in [0, 0.1) is 5.41 Å². The molecule has 0 aromatic heterocycles. The molecule has 132 valence electrons. The predicted octanol–water partition coefficient (Wildman–Crippen LogP) is 2.95. The fraction of sp³-hybridized carbons (Fsp3) is 0.556. The second-order valence-corrected chi connectivity index (χ2v) is 6.92. The maximum absolute atomic E-state index is 12.0. The molecule has 1 aliphatic rings. The molecule has 1 aromatic rings. The van der Waals surface area contributed by atoms with E-state index in [0.717, 1.165) is 24.5 Å². The molecule has 0 unspecified atom stereocenters. The lowest BCUT2D eigenvalue weighted by Gasteiger charge is -2.35. The molecule has 1 fully saturated rings. The Kier molecular flexibility index (Phi) is 5.70. The van der Waals surface area contributed by atoms with Crippen molar-refractivity contribution in [2.24, 2.45) is 5.41 Å². The van der Waals surface area contributed by atoms with Crippen LogP contribution < -0.4 is 10.2 Å². The number of ether oxygens (including phenoxy) is 1. The lowest BCUT2D eigenvalue weighted by molar-refractivity contribution is -0.123. The van der Waals surface area contributed by atoms with Crippen molar-refractivity contribution in [3.8, 4) is 0 Å². The van der Waals surface area contributed by atoms with E-state index < -0.39 is 5.41 Å². The summed E-state index contributed by atoms with van der Waals surface area (Å²) in [6, 6.07) is 7.82. The number of hydrogen-bond acceptors (Lipinski definition) is 4. The first kappa shape index (κ1) is 18.1. The van der Waals surface area contributed by atoms with Crippen molar-refractivity contribution in [1.29, 1.82) is 0 Å². The summed E-state index contributed by atoms with van der Waals surface area (Å²) in [5, 5.41) is 2.92. The minimum atomic E-state index is -0.415. The van der Waals surface area contributed by atoms with E-state index in [2.05, 4.69) is 10.2 Å². The molecule has 2 amide bonds. The average Bonchev–Trinajstić information content (AvgIpc) is 2.55. The van der Waals surface area contributed by atoms with Crippen LogP contribution in [0.25, 0.3) is 0 Å². The monoisotopic (exact) mass is 333 g/mol. The fourth-order valence-corrected chi connectivity index (χ4v) is 2.44. The van der Waals surface area contributed by atoms with Crippen LogP contribution >= 0.6 is 0 Å². The molecule has 6 nitrogen and oxygen atoms in total. The molecule has 0 radical (unpaired) electrons. The molecule has 0 atom stereocenters. The van der Waals surface area contributed by atoms with Crippen molar-refractivity contribution in [1.82, 2.24) is 4.90 Å². The molecule has 6 heteroatoms. The second kappa shape index (κ2) is 7.55. The largest absolute Gasteiger partial charge is 0.450 e. The van der Waals surface area contributed by atoms with Gasteiger partial charge in [0.15, 0.2) is 0 Å². The molecule has 1 N–H and O–H groups in total. The second-order valence-electron chi connectivity index (χ2n) is 6.92. The van der Waals surface area contributed by atoms with Gasteiger partial charge >= 0.3 is 6.09 Å². The van der Waals surface area contributed by atoms with E-state index in [9.17, 15) is 9.59 Å². The van der Waals surface area contributed by atoms with E-state index >= 15 is 0 Å². The van der Waals surface area contributed by atoms with Gasteiger partial charge < -0.3 is 19.9 Å². The van der Waals surface area contributed by atoms with Crippen molar-refractivity contribution in [3.63, 3.8) is 0 Å². The van der Waals surface area contributed by atoms with Gasteiger partial charge in [0, 0.05) is 43.0 Å². The van der Waals surface area contributed by atoms with Gasteiger partial charge in [-0.3, -0.25) is 4.79 Å². The number of carbonyl (C=O) groups excluding carboxylic acids is 2. The van der Waals surface area contributed by atoms with Crippen LogP contribution in [0.2, 0.25) is 0 Å². The first-order chi connectivity index (χ1) is 11.3. The molecular weight excluding hydrogens is 306 g/mol. The van der Waals surface area contributed by atoms with E-state index in [0.29, 0.717) is 19.7 Å². The van der Waals surface area contributed by atoms with Crippen LogP contribution in [-0.4, -0.2) is 49.7 Å². The summed E-state index contributed by atoms with van der Waals surface area (Å²) < 4.78 is 5.03. The van der Waals surface area contributed by atoms with E-state index in [4.69, 9.17) is 4.74 Å². The molecular formula is C18H27N3O3. The van der Waals surface area contributed by atoms with Crippen LogP contribution in [0.1, 0.15) is 27.7 Å². The molecule has 0 saturated carbocycles. The summed E-state index contributed by atoms with van der Waals surface area (Å²) in [6.45, 7) is 10.7. The first-order valence-corrected chi connectivity index (χ1v) is 8.39. The lowest BCUT2D eigenvalue weighted by Crippen LogP contribution is -2.49. The summed E-state index contributed by atoms with van der Waals surface area (Å²) in [7, 11) is 0. The van der Waals surface area contributed by atoms with Crippen molar-refractivity contribution in [3.05, 3.63) is 24.3 Å². The highest BCUT2D eigenvalue weighted by molar-refractivity contribution is 5.94. The number of hydrogen-bond donors (Lipinski definition) is 1. The van der Waals surface area contributed by atoms with Crippen molar-refractivity contribution in [2.75, 3.05) is 43.0 Å². The van der Waals surface area contributed by atoms with Crippen molar-refractivity contribution < 1.29 is 14.3 Å². The maximum atomic E-state index is 12.0. The normalized spacial score (nSPS) is 15.2. The Morgan fingerprint density at radius 1 is 1.08 bits per heavy atom. The Balaban J connectivity index is 1.90. The highest BCUT2D eigenvalue weighted by Crippen LogP contribution is 2.22. The minimum Gasteiger partial charge on any atom is -0.450 e. The number of carbonyl (C=O) groups is 2. The Labute approximate surface area is 143 Å². The number of anilines is 2. The molecule has 24 heavy (non-hydrogen) atoms. The van der Waals surface area contributed by atoms with Crippen LogP contribution in [-0.2, 0) is 9.53 Å². The SMILES string of the molecule is CCOC(=O)N1CCN(c2ccc(NC(=O)C(C)(C)C)cc2)CC1. The Morgan fingerprint density at radius 3 is 2.17 bits per heavy atom. The Hall–Kier alpha value is -2.24. The third-order valence-electron chi connectivity index (χ3n) is 3.98. The molecule has 1 heterocycles. The van der Waals surface area contributed by atoms with Gasteiger partial charge in [0.05, 0.1) is 6.61 Å². The Morgan fingerprint density at radius 2 is 1.67 bits per heavy atom. The molecule has 0 bridgehead atoms. The third-order valence-corrected chi connectivity index (χ3v) is 3.98. The highest BCUT2D eigenvalue weighted by Gasteiger charge is 2.23. The standard InChI is InChI=1S/C18H27N3O3/c1-5-24-17(23)21-12-10-20(11-13-21)15-8-6-14(7-9-15)19-16(22)18(2,3)4/h6-9H,5,10-13H2,1-4H3,(H,19,22). The first-order valence-electron chi connectivity index (χ1n) is 8.39. The summed E-state index contributed by atoms with van der Waals surface area (Å²) in [5.41, 5.74) is 1.47. The van der Waals surface area contributed by atoms with E-state index in [1.54, 1.807) is 4.90 Å². The number of rotatable bonds is 3. The number of nitrogens with one attached hydrogen (secondary N) is 1. The summed E-state index contributed by atoms with van der Waals surface area (Å²) in [5.74, 6) is -0.00157. The number of piperazine rings is 1. The molecule has 1 aliphatic heterocycles. The van der Waals surface area contributed by atoms with E-state index in [-0.39, 0.29) is 12.0 Å². The smallest absolute Gasteiger partial charge is 0.409 e. The molecule has 0 aliphatic carbocycles. The van der Waals surface area contributed by atoms with Crippen LogP contribution in [0.5, 0.6) is 0 Å². The van der Waals surface area contributed by atoms with Gasteiger partial charge in [-0.15, -0.1) is 0 Å². The number of nitrogens with zero attached hydrogens (tertiary/aromatic N) is 2. The highest BCUT2D eigenvalue weighted by atomic mass is 16.6. The number of benzene rings is 1. The van der Waals surface area contributed by atoms with Gasteiger partial charge in [-0.2, -0.15) is 0 Å². The van der Waals surface area contributed by atoms with Crippen LogP contribution in [0.15, 0.2) is 24.3 Å². The van der Waals surface area contributed by atoms with E-state index in [1.807, 2.05) is 52.0 Å². The van der Waals surface area contributed by atoms with Gasteiger partial charge in [0.25, 0.3) is 0 Å². The molecule has 1 saturated heterocycles. The molecule has 2 rings (SSSR count). The van der Waals surface area contributed by atoms with Gasteiger partial charge in [-0.25, -0.2) is 4.79 Å². The third kappa shape index (κ3) is 4.63. The predicted molar refractivity (Wildman–Crippen MR) is 95.3 cm³/mol. The Bertz CT molecular complexity index is 570. The van der Waals surface area contributed by atoms with Crippen LogP contribution in [0.4, 0.5) is 16.2 Å². The van der Waals surface area contributed by atoms with Crippen molar-refractivity contribution in [2.45, 2.75) is 27.7 Å². The van der Waals surface area contributed by atoms with Gasteiger partial charge in [-0.05, 0) is 31.2 Å². The summed E-state index contributed by atoms with van der Waals surface area (Å²) in [4.78, 5) is 27.7.